The molecule has 2 unspecified atom stereocenters. The van der Waals surface area contributed by atoms with Gasteiger partial charge in [0, 0.05) is 12.8 Å². The molecule has 0 amide bonds. The minimum Gasteiger partial charge on any atom is -0.477 e. The number of allylic oxidation sites excluding steroid dienone is 14. The Bertz CT molecular complexity index is 1570. The molecular formula is C70H124NO8+. The van der Waals surface area contributed by atoms with Crippen molar-refractivity contribution >= 4 is 17.9 Å². The zero-order chi connectivity index (χ0) is 57.6. The van der Waals surface area contributed by atoms with E-state index in [9.17, 15) is 19.5 Å². The summed E-state index contributed by atoms with van der Waals surface area (Å²) < 4.78 is 22.9. The first kappa shape index (κ1) is 75.5. The smallest absolute Gasteiger partial charge is 0.361 e. The van der Waals surface area contributed by atoms with Crippen LogP contribution >= 0.6 is 0 Å². The molecule has 0 aliphatic carbocycles. The third kappa shape index (κ3) is 61.9. The van der Waals surface area contributed by atoms with Crippen molar-refractivity contribution in [2.45, 2.75) is 296 Å². The maximum atomic E-state index is 12.9. The van der Waals surface area contributed by atoms with Gasteiger partial charge in [0.05, 0.1) is 34.4 Å². The third-order valence-electron chi connectivity index (χ3n) is 14.1. The van der Waals surface area contributed by atoms with Crippen LogP contribution in [0.1, 0.15) is 284 Å². The van der Waals surface area contributed by atoms with Gasteiger partial charge in [0.15, 0.2) is 6.10 Å². The highest BCUT2D eigenvalue weighted by Crippen LogP contribution is 2.17. The van der Waals surface area contributed by atoms with Gasteiger partial charge in [-0.25, -0.2) is 4.79 Å². The van der Waals surface area contributed by atoms with Crippen LogP contribution in [0.4, 0.5) is 0 Å². The van der Waals surface area contributed by atoms with Gasteiger partial charge in [0.2, 0.25) is 0 Å². The van der Waals surface area contributed by atoms with Gasteiger partial charge in [-0.3, -0.25) is 9.59 Å². The van der Waals surface area contributed by atoms with E-state index in [4.69, 9.17) is 18.9 Å². The average Bonchev–Trinajstić information content (AvgIpc) is 3.42. The van der Waals surface area contributed by atoms with Crippen LogP contribution in [0.5, 0.6) is 0 Å². The van der Waals surface area contributed by atoms with Gasteiger partial charge < -0.3 is 28.5 Å². The minimum absolute atomic E-state index is 0.185. The number of aliphatic carboxylic acids is 1. The highest BCUT2D eigenvalue weighted by atomic mass is 16.7. The Hall–Kier alpha value is -3.53. The molecule has 0 saturated carbocycles. The van der Waals surface area contributed by atoms with Gasteiger partial charge in [-0.1, -0.05) is 272 Å². The number of likely N-dealkylation sites (N-methyl/N-ethyl adjacent to an activating group) is 1. The number of nitrogens with zero attached hydrogens (tertiary/aromatic N) is 1. The van der Waals surface area contributed by atoms with E-state index in [1.54, 1.807) is 0 Å². The summed E-state index contributed by atoms with van der Waals surface area (Å²) in [5.74, 6) is -2.02. The summed E-state index contributed by atoms with van der Waals surface area (Å²) in [5, 5.41) is 9.70. The molecule has 0 aromatic carbocycles. The van der Waals surface area contributed by atoms with E-state index in [1.807, 2.05) is 21.1 Å². The number of rotatable bonds is 60. The largest absolute Gasteiger partial charge is 0.477 e. The number of esters is 2. The molecule has 79 heavy (non-hydrogen) atoms. The highest BCUT2D eigenvalue weighted by Gasteiger charge is 2.25. The highest BCUT2D eigenvalue weighted by molar-refractivity contribution is 5.71. The molecule has 0 saturated heterocycles. The fourth-order valence-corrected chi connectivity index (χ4v) is 9.14. The van der Waals surface area contributed by atoms with Crippen LogP contribution < -0.4 is 0 Å². The predicted molar refractivity (Wildman–Crippen MR) is 336 cm³/mol. The molecule has 0 bridgehead atoms. The van der Waals surface area contributed by atoms with Gasteiger partial charge in [0.1, 0.15) is 13.2 Å². The number of carboxylic acid groups (broad SMARTS) is 1. The predicted octanol–water partition coefficient (Wildman–Crippen LogP) is 19.9. The molecule has 0 rings (SSSR count). The van der Waals surface area contributed by atoms with Crippen LogP contribution in [0.15, 0.2) is 85.1 Å². The quantitative estimate of drug-likeness (QED) is 0.0211. The van der Waals surface area contributed by atoms with E-state index in [0.717, 1.165) is 103 Å². The van der Waals surface area contributed by atoms with Crippen molar-refractivity contribution in [3.8, 4) is 0 Å². The molecule has 0 aliphatic rings. The van der Waals surface area contributed by atoms with E-state index in [2.05, 4.69) is 98.9 Å². The first-order chi connectivity index (χ1) is 38.6. The number of ether oxygens (including phenoxy) is 4. The topological polar surface area (TPSA) is 108 Å². The molecule has 2 atom stereocenters. The van der Waals surface area contributed by atoms with Gasteiger partial charge in [0.25, 0.3) is 6.29 Å². The van der Waals surface area contributed by atoms with Crippen LogP contribution in [0, 0.1) is 0 Å². The summed E-state index contributed by atoms with van der Waals surface area (Å²) in [6.07, 6.45) is 78.6. The fraction of sp³-hybridized carbons (Fsp3) is 0.757. The van der Waals surface area contributed by atoms with Gasteiger partial charge in [-0.05, 0) is 83.5 Å². The van der Waals surface area contributed by atoms with Gasteiger partial charge in [-0.2, -0.15) is 0 Å². The molecule has 0 radical (unpaired) electrons. The number of unbranched alkanes of at least 4 members (excludes halogenated alkanes) is 31. The zero-order valence-corrected chi connectivity index (χ0v) is 52.0. The van der Waals surface area contributed by atoms with Crippen molar-refractivity contribution in [1.82, 2.24) is 0 Å². The number of carbonyl (C=O) groups is 3. The number of carbonyl (C=O) groups excluding carboxylic acids is 2. The monoisotopic (exact) mass is 1110 g/mol. The maximum Gasteiger partial charge on any atom is 0.361 e. The summed E-state index contributed by atoms with van der Waals surface area (Å²) in [5.41, 5.74) is 0. The Morgan fingerprint density at radius 3 is 1.08 bits per heavy atom. The van der Waals surface area contributed by atoms with E-state index < -0.39 is 24.3 Å². The SMILES string of the molecule is CC/C=C\C/C=C\C/C=C\C/C=C\C/C=C\CCCCCCCCCCCCCCCCCCCCCCCCCCCC(=O)OC(COC(=O)CCCCCCC/C=C\C/C=C\CCC)COC(OCC[N+](C)(C)C)C(=O)O. The molecular weight excluding hydrogens is 983 g/mol. The minimum atomic E-state index is -1.51. The Morgan fingerprint density at radius 1 is 0.392 bits per heavy atom. The number of quaternary nitrogens is 1. The lowest BCUT2D eigenvalue weighted by Gasteiger charge is -2.25. The standard InChI is InChI=1S/C70H123NO8/c1-6-8-10-12-14-16-18-20-21-22-23-24-25-26-27-28-29-30-31-32-33-34-35-36-37-38-39-40-41-42-43-44-45-46-47-49-51-53-55-57-59-61-68(73)79-66(65-78-70(69(74)75)76-63-62-71(3,4)5)64-77-67(72)60-58-56-54-52-50-48-19-17-15-13-11-9-7-2/h8,10-11,13-14,16-17,19-21,23-24,26-27,66,70H,6-7,9,12,15,18,22,25,28-65H2,1-5H3/p+1/b10-8-,13-11-,16-14-,19-17-,21-20-,24-23-,27-26-. The summed E-state index contributed by atoms with van der Waals surface area (Å²) >= 11 is 0. The van der Waals surface area contributed by atoms with E-state index in [1.165, 1.54) is 154 Å². The Balaban J connectivity index is 3.92. The van der Waals surface area contributed by atoms with Crippen molar-refractivity contribution < 1.29 is 42.9 Å². The lowest BCUT2D eigenvalue weighted by atomic mass is 10.0. The Labute approximate surface area is 487 Å². The number of carboxylic acids is 1. The van der Waals surface area contributed by atoms with Gasteiger partial charge in [-0.15, -0.1) is 0 Å². The molecule has 1 N–H and O–H groups in total. The lowest BCUT2D eigenvalue weighted by Crippen LogP contribution is -2.40. The molecule has 9 heteroatoms. The first-order valence-electron chi connectivity index (χ1n) is 32.8. The van der Waals surface area contributed by atoms with E-state index >= 15 is 0 Å². The normalized spacial score (nSPS) is 13.3. The molecule has 0 aromatic rings. The summed E-state index contributed by atoms with van der Waals surface area (Å²) in [7, 11) is 5.97. The zero-order valence-electron chi connectivity index (χ0n) is 52.0. The van der Waals surface area contributed by atoms with E-state index in [-0.39, 0.29) is 38.6 Å². The fourth-order valence-electron chi connectivity index (χ4n) is 9.14. The number of hydrogen-bond acceptors (Lipinski definition) is 7. The van der Waals surface area contributed by atoms with Crippen molar-refractivity contribution in [3.63, 3.8) is 0 Å². The van der Waals surface area contributed by atoms with Crippen LogP contribution in [0.2, 0.25) is 0 Å². The third-order valence-corrected chi connectivity index (χ3v) is 14.1. The molecule has 0 aliphatic heterocycles. The summed E-state index contributed by atoms with van der Waals surface area (Å²) in [4.78, 5) is 37.4. The van der Waals surface area contributed by atoms with Crippen LogP contribution in [0.3, 0.4) is 0 Å². The summed E-state index contributed by atoms with van der Waals surface area (Å²) in [6, 6.07) is 0. The summed E-state index contributed by atoms with van der Waals surface area (Å²) in [6.45, 7) is 4.70. The lowest BCUT2D eigenvalue weighted by molar-refractivity contribution is -0.870. The second kappa shape index (κ2) is 60.6. The van der Waals surface area contributed by atoms with Crippen LogP contribution in [-0.4, -0.2) is 87.4 Å². The molecule has 0 heterocycles. The van der Waals surface area contributed by atoms with Crippen LogP contribution in [-0.2, 0) is 33.3 Å². The second-order valence-corrected chi connectivity index (χ2v) is 23.0. The molecule has 0 aromatic heterocycles. The average molecular weight is 1110 g/mol. The maximum absolute atomic E-state index is 12.9. The second-order valence-electron chi connectivity index (χ2n) is 23.0. The van der Waals surface area contributed by atoms with Crippen LogP contribution in [0.25, 0.3) is 0 Å². The first-order valence-corrected chi connectivity index (χ1v) is 32.8. The van der Waals surface area contributed by atoms with Crippen molar-refractivity contribution in [3.05, 3.63) is 85.1 Å². The molecule has 456 valence electrons. The van der Waals surface area contributed by atoms with E-state index in [0.29, 0.717) is 11.0 Å². The molecule has 9 nitrogen and oxygen atoms in total. The van der Waals surface area contributed by atoms with Gasteiger partial charge >= 0.3 is 17.9 Å². The van der Waals surface area contributed by atoms with Crippen molar-refractivity contribution in [2.75, 3.05) is 47.5 Å². The molecule has 0 spiro atoms. The van der Waals surface area contributed by atoms with Crippen molar-refractivity contribution in [2.24, 2.45) is 0 Å². The van der Waals surface area contributed by atoms with Crippen molar-refractivity contribution in [1.29, 1.82) is 0 Å². The Morgan fingerprint density at radius 2 is 0.722 bits per heavy atom. The molecule has 0 fully saturated rings. The number of hydrogen-bond donors (Lipinski definition) is 1. The Kier molecular flexibility index (Phi) is 57.9.